The standard InChI is InChI=1S/C11H24N4O2S/c1-11(2,15-18(3,16)17)8-14-10(12)13-7-9-5-4-6-9/h9,15H,4-8H2,1-3H3,(H3,12,13,14). The third kappa shape index (κ3) is 6.20. The van der Waals surface area contributed by atoms with Gasteiger partial charge in [-0.15, -0.1) is 0 Å². The van der Waals surface area contributed by atoms with Crippen molar-refractivity contribution < 1.29 is 8.42 Å². The van der Waals surface area contributed by atoms with Gasteiger partial charge in [0.25, 0.3) is 0 Å². The van der Waals surface area contributed by atoms with E-state index >= 15 is 0 Å². The molecule has 7 heteroatoms. The van der Waals surface area contributed by atoms with Gasteiger partial charge in [0.05, 0.1) is 12.8 Å². The van der Waals surface area contributed by atoms with Crippen LogP contribution >= 0.6 is 0 Å². The largest absolute Gasteiger partial charge is 0.370 e. The third-order valence-corrected chi connectivity index (χ3v) is 3.83. The van der Waals surface area contributed by atoms with Crippen LogP contribution in [-0.4, -0.2) is 39.3 Å². The molecule has 0 unspecified atom stereocenters. The highest BCUT2D eigenvalue weighted by Crippen LogP contribution is 2.24. The zero-order valence-electron chi connectivity index (χ0n) is 11.4. The lowest BCUT2D eigenvalue weighted by molar-refractivity contribution is 0.315. The highest BCUT2D eigenvalue weighted by Gasteiger charge is 2.22. The smallest absolute Gasteiger partial charge is 0.209 e. The van der Waals surface area contributed by atoms with Crippen molar-refractivity contribution in [3.8, 4) is 0 Å². The van der Waals surface area contributed by atoms with Gasteiger partial charge in [-0.05, 0) is 32.6 Å². The predicted octanol–water partition coefficient (Wildman–Crippen LogP) is 0.0186. The molecule has 1 aliphatic carbocycles. The zero-order chi connectivity index (χ0) is 13.8. The average molecular weight is 276 g/mol. The Labute approximate surface area is 109 Å². The van der Waals surface area contributed by atoms with Crippen LogP contribution in [0.25, 0.3) is 0 Å². The Morgan fingerprint density at radius 2 is 2.06 bits per heavy atom. The quantitative estimate of drug-likeness (QED) is 0.470. The van der Waals surface area contributed by atoms with Crippen molar-refractivity contribution >= 4 is 16.0 Å². The molecule has 0 saturated heterocycles. The summed E-state index contributed by atoms with van der Waals surface area (Å²) in [4.78, 5) is 4.17. The fourth-order valence-corrected chi connectivity index (χ4v) is 2.89. The van der Waals surface area contributed by atoms with E-state index in [0.29, 0.717) is 18.4 Å². The SMILES string of the molecule is CC(C)(CN=C(N)NCC1CCC1)NS(C)(=O)=O. The first-order valence-electron chi connectivity index (χ1n) is 6.21. The van der Waals surface area contributed by atoms with Crippen LogP contribution in [0.1, 0.15) is 33.1 Å². The Kier molecular flexibility index (Phi) is 4.98. The van der Waals surface area contributed by atoms with Crippen LogP contribution < -0.4 is 15.8 Å². The lowest BCUT2D eigenvalue weighted by Crippen LogP contribution is -2.46. The first-order valence-corrected chi connectivity index (χ1v) is 8.10. The molecule has 0 amide bonds. The summed E-state index contributed by atoms with van der Waals surface area (Å²) in [5.74, 6) is 1.09. The molecule has 1 rings (SSSR count). The number of hydrogen-bond acceptors (Lipinski definition) is 3. The number of nitrogens with zero attached hydrogens (tertiary/aromatic N) is 1. The van der Waals surface area contributed by atoms with Gasteiger partial charge in [-0.3, -0.25) is 4.99 Å². The minimum Gasteiger partial charge on any atom is -0.370 e. The molecule has 0 bridgehead atoms. The van der Waals surface area contributed by atoms with E-state index in [2.05, 4.69) is 15.0 Å². The van der Waals surface area contributed by atoms with Crippen LogP contribution in [0.5, 0.6) is 0 Å². The van der Waals surface area contributed by atoms with Crippen molar-refractivity contribution in [3.63, 3.8) is 0 Å². The summed E-state index contributed by atoms with van der Waals surface area (Å²) in [6.07, 6.45) is 4.94. The van der Waals surface area contributed by atoms with E-state index in [1.165, 1.54) is 19.3 Å². The van der Waals surface area contributed by atoms with Gasteiger partial charge in [0.2, 0.25) is 10.0 Å². The number of hydrogen-bond donors (Lipinski definition) is 3. The first-order chi connectivity index (χ1) is 8.18. The maximum atomic E-state index is 11.1. The van der Waals surface area contributed by atoms with E-state index in [1.807, 2.05) is 0 Å². The molecule has 1 saturated carbocycles. The minimum atomic E-state index is -3.23. The summed E-state index contributed by atoms with van der Waals surface area (Å²) >= 11 is 0. The van der Waals surface area contributed by atoms with Crippen molar-refractivity contribution in [1.82, 2.24) is 10.0 Å². The van der Waals surface area contributed by atoms with Crippen molar-refractivity contribution in [3.05, 3.63) is 0 Å². The van der Waals surface area contributed by atoms with Crippen molar-refractivity contribution in [2.24, 2.45) is 16.6 Å². The normalized spacial score (nSPS) is 18.5. The van der Waals surface area contributed by atoms with Gasteiger partial charge >= 0.3 is 0 Å². The Hall–Kier alpha value is -0.820. The van der Waals surface area contributed by atoms with E-state index in [0.717, 1.165) is 12.8 Å². The summed E-state index contributed by atoms with van der Waals surface area (Å²) in [7, 11) is -3.23. The number of rotatable bonds is 6. The first kappa shape index (κ1) is 15.2. The third-order valence-electron chi connectivity index (χ3n) is 2.90. The summed E-state index contributed by atoms with van der Waals surface area (Å²) in [6.45, 7) is 4.71. The van der Waals surface area contributed by atoms with E-state index in [9.17, 15) is 8.42 Å². The summed E-state index contributed by atoms with van der Waals surface area (Å²) in [6, 6.07) is 0. The Morgan fingerprint density at radius 1 is 1.44 bits per heavy atom. The molecule has 18 heavy (non-hydrogen) atoms. The molecule has 0 radical (unpaired) electrons. The Balaban J connectivity index is 2.35. The molecular weight excluding hydrogens is 252 g/mol. The molecule has 0 atom stereocenters. The summed E-state index contributed by atoms with van der Waals surface area (Å²) < 4.78 is 24.8. The molecular formula is C11H24N4O2S. The van der Waals surface area contributed by atoms with E-state index in [-0.39, 0.29) is 0 Å². The molecule has 0 heterocycles. The van der Waals surface area contributed by atoms with Gasteiger partial charge in [0.15, 0.2) is 5.96 Å². The molecule has 0 aromatic heterocycles. The second-order valence-corrected chi connectivity index (χ2v) is 7.39. The second-order valence-electron chi connectivity index (χ2n) is 5.64. The number of guanidine groups is 1. The molecule has 1 aliphatic rings. The molecule has 106 valence electrons. The van der Waals surface area contributed by atoms with Gasteiger partial charge < -0.3 is 11.1 Å². The minimum absolute atomic E-state index is 0.309. The van der Waals surface area contributed by atoms with Crippen LogP contribution in [0.4, 0.5) is 0 Å². The van der Waals surface area contributed by atoms with E-state index in [1.54, 1.807) is 13.8 Å². The number of sulfonamides is 1. The average Bonchev–Trinajstić information content (AvgIpc) is 2.08. The summed E-state index contributed by atoms with van der Waals surface area (Å²) in [5, 5.41) is 3.07. The van der Waals surface area contributed by atoms with Crippen LogP contribution in [0.15, 0.2) is 4.99 Å². The van der Waals surface area contributed by atoms with E-state index < -0.39 is 15.6 Å². The lowest BCUT2D eigenvalue weighted by Gasteiger charge is -2.26. The Bertz CT molecular complexity index is 399. The predicted molar refractivity (Wildman–Crippen MR) is 73.9 cm³/mol. The van der Waals surface area contributed by atoms with Gasteiger partial charge in [-0.1, -0.05) is 6.42 Å². The fraction of sp³-hybridized carbons (Fsp3) is 0.909. The zero-order valence-corrected chi connectivity index (χ0v) is 12.2. The van der Waals surface area contributed by atoms with Gasteiger partial charge in [0.1, 0.15) is 0 Å². The summed E-state index contributed by atoms with van der Waals surface area (Å²) in [5.41, 5.74) is 5.10. The van der Waals surface area contributed by atoms with Crippen LogP contribution in [0, 0.1) is 5.92 Å². The number of nitrogens with two attached hydrogens (primary N) is 1. The highest BCUT2D eigenvalue weighted by molar-refractivity contribution is 7.88. The second kappa shape index (κ2) is 5.88. The van der Waals surface area contributed by atoms with Crippen LogP contribution in [0.3, 0.4) is 0 Å². The molecule has 1 fully saturated rings. The maximum absolute atomic E-state index is 11.1. The van der Waals surface area contributed by atoms with Crippen molar-refractivity contribution in [1.29, 1.82) is 0 Å². The van der Waals surface area contributed by atoms with E-state index in [4.69, 9.17) is 5.73 Å². The topological polar surface area (TPSA) is 96.6 Å². The van der Waals surface area contributed by atoms with Gasteiger partial charge in [-0.25, -0.2) is 13.1 Å². The molecule has 0 aromatic carbocycles. The molecule has 6 nitrogen and oxygen atoms in total. The molecule has 0 aliphatic heterocycles. The molecule has 0 spiro atoms. The fourth-order valence-electron chi connectivity index (χ4n) is 1.82. The maximum Gasteiger partial charge on any atom is 0.209 e. The monoisotopic (exact) mass is 276 g/mol. The van der Waals surface area contributed by atoms with Crippen molar-refractivity contribution in [2.75, 3.05) is 19.3 Å². The number of nitrogens with one attached hydrogen (secondary N) is 2. The highest BCUT2D eigenvalue weighted by atomic mass is 32.2. The molecule has 4 N–H and O–H groups in total. The van der Waals surface area contributed by atoms with Gasteiger partial charge in [-0.2, -0.15) is 0 Å². The van der Waals surface area contributed by atoms with Gasteiger partial charge in [0, 0.05) is 12.1 Å². The lowest BCUT2D eigenvalue weighted by atomic mass is 9.85. The molecule has 0 aromatic rings. The van der Waals surface area contributed by atoms with Crippen molar-refractivity contribution in [2.45, 2.75) is 38.6 Å². The van der Waals surface area contributed by atoms with Crippen LogP contribution in [0.2, 0.25) is 0 Å². The Morgan fingerprint density at radius 3 is 2.50 bits per heavy atom. The van der Waals surface area contributed by atoms with Crippen LogP contribution in [-0.2, 0) is 10.0 Å². The number of aliphatic imine (C=N–C) groups is 1.